The molecule has 1 aliphatic heterocycles. The van der Waals surface area contributed by atoms with Gasteiger partial charge in [0.05, 0.1) is 12.8 Å². The largest absolute Gasteiger partial charge is 0.383 e. The summed E-state index contributed by atoms with van der Waals surface area (Å²) in [6.07, 6.45) is 6.85. The zero-order valence-electron chi connectivity index (χ0n) is 15.3. The number of anilines is 1. The number of benzene rings is 1. The van der Waals surface area contributed by atoms with E-state index in [0.29, 0.717) is 19.7 Å². The molecule has 1 amide bonds. The van der Waals surface area contributed by atoms with Crippen molar-refractivity contribution in [3.63, 3.8) is 0 Å². The highest BCUT2D eigenvalue weighted by Gasteiger charge is 2.29. The number of rotatable bonds is 7. The van der Waals surface area contributed by atoms with Gasteiger partial charge < -0.3 is 14.5 Å². The van der Waals surface area contributed by atoms with Crippen LogP contribution >= 0.6 is 0 Å². The molecule has 0 N–H and O–H groups in total. The maximum Gasteiger partial charge on any atom is 0.226 e. The van der Waals surface area contributed by atoms with Crippen LogP contribution in [0.25, 0.3) is 0 Å². The Hall–Kier alpha value is -2.47. The summed E-state index contributed by atoms with van der Waals surface area (Å²) in [5, 5.41) is 0. The van der Waals surface area contributed by atoms with Gasteiger partial charge >= 0.3 is 0 Å². The van der Waals surface area contributed by atoms with Crippen LogP contribution in [-0.2, 0) is 16.1 Å². The Labute approximate surface area is 154 Å². The normalized spacial score (nSPS) is 15.0. The van der Waals surface area contributed by atoms with Gasteiger partial charge in [0.25, 0.3) is 0 Å². The molecule has 3 rings (SSSR count). The van der Waals surface area contributed by atoms with Crippen LogP contribution in [0.3, 0.4) is 0 Å². The third-order valence-corrected chi connectivity index (χ3v) is 4.81. The zero-order valence-corrected chi connectivity index (χ0v) is 15.3. The highest BCUT2D eigenvalue weighted by molar-refractivity contribution is 5.79. The summed E-state index contributed by atoms with van der Waals surface area (Å²) in [6.45, 7) is 3.47. The molecule has 0 unspecified atom stereocenters. The van der Waals surface area contributed by atoms with Gasteiger partial charge in [0, 0.05) is 51.6 Å². The summed E-state index contributed by atoms with van der Waals surface area (Å²) < 4.78 is 5.21. The number of nitrogens with zero attached hydrogens (tertiary/aromatic N) is 4. The molecule has 0 atom stereocenters. The van der Waals surface area contributed by atoms with Crippen LogP contribution < -0.4 is 4.90 Å². The molecule has 0 saturated carbocycles. The minimum absolute atomic E-state index is 0.0588. The van der Waals surface area contributed by atoms with E-state index in [1.807, 2.05) is 23.1 Å². The molecule has 2 heterocycles. The number of methoxy groups -OCH3 is 1. The molecule has 0 spiro atoms. The summed E-state index contributed by atoms with van der Waals surface area (Å²) in [6, 6.07) is 10.1. The van der Waals surface area contributed by atoms with Gasteiger partial charge in [0.1, 0.15) is 5.82 Å². The molecule has 0 bridgehead atoms. The van der Waals surface area contributed by atoms with E-state index in [9.17, 15) is 4.79 Å². The molecule has 138 valence electrons. The van der Waals surface area contributed by atoms with Crippen molar-refractivity contribution in [3.05, 3.63) is 54.5 Å². The average Bonchev–Trinajstić information content (AvgIpc) is 2.72. The highest BCUT2D eigenvalue weighted by Crippen LogP contribution is 2.23. The quantitative estimate of drug-likeness (QED) is 0.764. The molecule has 1 fully saturated rings. The van der Waals surface area contributed by atoms with Gasteiger partial charge in [-0.2, -0.15) is 0 Å². The fraction of sp³-hybridized carbons (Fsp3) is 0.450. The van der Waals surface area contributed by atoms with Crippen molar-refractivity contribution in [1.29, 1.82) is 0 Å². The van der Waals surface area contributed by atoms with E-state index in [2.05, 4.69) is 27.0 Å². The number of ether oxygens (including phenoxy) is 1. The Balaban J connectivity index is 1.60. The van der Waals surface area contributed by atoms with Crippen LogP contribution in [0.15, 0.2) is 48.9 Å². The van der Waals surface area contributed by atoms with Crippen molar-refractivity contribution in [2.24, 2.45) is 5.92 Å². The molecule has 1 aromatic carbocycles. The summed E-state index contributed by atoms with van der Waals surface area (Å²) in [4.78, 5) is 25.7. The molecule has 6 nitrogen and oxygen atoms in total. The van der Waals surface area contributed by atoms with Crippen LogP contribution in [0.1, 0.15) is 18.4 Å². The van der Waals surface area contributed by atoms with Gasteiger partial charge in [0.2, 0.25) is 5.91 Å². The maximum absolute atomic E-state index is 13.1. The third-order valence-electron chi connectivity index (χ3n) is 4.81. The third kappa shape index (κ3) is 4.79. The van der Waals surface area contributed by atoms with E-state index < -0.39 is 0 Å². The lowest BCUT2D eigenvalue weighted by Crippen LogP contribution is -2.43. The lowest BCUT2D eigenvalue weighted by Gasteiger charge is -2.34. The lowest BCUT2D eigenvalue weighted by atomic mass is 9.95. The Morgan fingerprint density at radius 1 is 1.23 bits per heavy atom. The summed E-state index contributed by atoms with van der Waals surface area (Å²) in [5.41, 5.74) is 1.15. The van der Waals surface area contributed by atoms with Crippen LogP contribution in [0.5, 0.6) is 0 Å². The first-order chi connectivity index (χ1) is 12.8. The van der Waals surface area contributed by atoms with Crippen LogP contribution in [0.4, 0.5) is 5.82 Å². The van der Waals surface area contributed by atoms with Crippen LogP contribution in [-0.4, -0.2) is 54.1 Å². The summed E-state index contributed by atoms with van der Waals surface area (Å²) >= 11 is 0. The van der Waals surface area contributed by atoms with E-state index in [4.69, 9.17) is 4.74 Å². The van der Waals surface area contributed by atoms with Gasteiger partial charge in [-0.3, -0.25) is 9.78 Å². The average molecular weight is 354 g/mol. The molecule has 26 heavy (non-hydrogen) atoms. The van der Waals surface area contributed by atoms with Gasteiger partial charge in [-0.25, -0.2) is 4.98 Å². The van der Waals surface area contributed by atoms with E-state index in [-0.39, 0.29) is 11.8 Å². The van der Waals surface area contributed by atoms with Crippen molar-refractivity contribution in [2.75, 3.05) is 38.3 Å². The summed E-state index contributed by atoms with van der Waals surface area (Å²) in [7, 11) is 1.67. The molecule has 1 saturated heterocycles. The number of carbonyl (C=O) groups excluding carboxylic acids is 1. The predicted octanol–water partition coefficient (Wildman–Crippen LogP) is 2.37. The van der Waals surface area contributed by atoms with Crippen molar-refractivity contribution in [2.45, 2.75) is 19.4 Å². The first kappa shape index (κ1) is 18.3. The number of aromatic nitrogens is 2. The predicted molar refractivity (Wildman–Crippen MR) is 101 cm³/mol. The van der Waals surface area contributed by atoms with Gasteiger partial charge in [-0.15, -0.1) is 0 Å². The maximum atomic E-state index is 13.1. The van der Waals surface area contributed by atoms with Crippen molar-refractivity contribution < 1.29 is 9.53 Å². The van der Waals surface area contributed by atoms with Crippen molar-refractivity contribution >= 4 is 11.7 Å². The monoisotopic (exact) mass is 354 g/mol. The topological polar surface area (TPSA) is 58.6 Å². The number of amides is 1. The molecule has 1 aliphatic rings. The Morgan fingerprint density at radius 3 is 2.65 bits per heavy atom. The zero-order chi connectivity index (χ0) is 18.2. The Bertz CT molecular complexity index is 673. The minimum Gasteiger partial charge on any atom is -0.383 e. The second kappa shape index (κ2) is 9.29. The fourth-order valence-corrected chi connectivity index (χ4v) is 3.34. The first-order valence-corrected chi connectivity index (χ1v) is 9.10. The van der Waals surface area contributed by atoms with E-state index in [0.717, 1.165) is 37.3 Å². The number of hydrogen-bond acceptors (Lipinski definition) is 5. The van der Waals surface area contributed by atoms with Crippen molar-refractivity contribution in [1.82, 2.24) is 14.9 Å². The highest BCUT2D eigenvalue weighted by atomic mass is 16.5. The van der Waals surface area contributed by atoms with Gasteiger partial charge in [-0.05, 0) is 18.4 Å². The lowest BCUT2D eigenvalue weighted by molar-refractivity contribution is -0.137. The second-order valence-corrected chi connectivity index (χ2v) is 6.56. The molecule has 1 aromatic heterocycles. The fourth-order valence-electron chi connectivity index (χ4n) is 3.34. The number of carbonyl (C=O) groups is 1. The van der Waals surface area contributed by atoms with Crippen molar-refractivity contribution in [3.8, 4) is 0 Å². The Morgan fingerprint density at radius 2 is 2.00 bits per heavy atom. The van der Waals surface area contributed by atoms with Gasteiger partial charge in [-0.1, -0.05) is 30.3 Å². The number of hydrogen-bond donors (Lipinski definition) is 0. The molecular formula is C20H26N4O2. The molecule has 0 aliphatic carbocycles. The molecule has 0 radical (unpaired) electrons. The molecule has 2 aromatic rings. The second-order valence-electron chi connectivity index (χ2n) is 6.56. The van der Waals surface area contributed by atoms with Crippen LogP contribution in [0.2, 0.25) is 0 Å². The SMILES string of the molecule is COCCN(Cc1ccccc1)C(=O)C1CCN(c2cnccn2)CC1. The summed E-state index contributed by atoms with van der Waals surface area (Å²) in [5.74, 6) is 1.17. The smallest absolute Gasteiger partial charge is 0.226 e. The molecular weight excluding hydrogens is 328 g/mol. The minimum atomic E-state index is 0.0588. The van der Waals surface area contributed by atoms with Gasteiger partial charge in [0.15, 0.2) is 0 Å². The standard InChI is InChI=1S/C20H26N4O2/c1-26-14-13-24(16-17-5-3-2-4-6-17)20(25)18-7-11-23(12-8-18)19-15-21-9-10-22-19/h2-6,9-10,15,18H,7-8,11-14,16H2,1H3. The Kier molecular flexibility index (Phi) is 6.55. The first-order valence-electron chi connectivity index (χ1n) is 9.10. The molecule has 6 heteroatoms. The van der Waals surface area contributed by atoms with Crippen LogP contribution in [0, 0.1) is 5.92 Å². The van der Waals surface area contributed by atoms with E-state index in [1.54, 1.807) is 25.7 Å². The number of piperidine rings is 1. The van der Waals surface area contributed by atoms with E-state index >= 15 is 0 Å². The van der Waals surface area contributed by atoms with E-state index in [1.165, 1.54) is 0 Å².